The van der Waals surface area contributed by atoms with E-state index in [1.807, 2.05) is 13.8 Å². The first kappa shape index (κ1) is 16.2. The molecule has 1 aromatic heterocycles. The highest BCUT2D eigenvalue weighted by atomic mass is 19.1. The van der Waals surface area contributed by atoms with Gasteiger partial charge >= 0.3 is 0 Å². The predicted octanol–water partition coefficient (Wildman–Crippen LogP) is 1.72. The maximum Gasteiger partial charge on any atom is 0.254 e. The van der Waals surface area contributed by atoms with Crippen molar-refractivity contribution in [2.75, 3.05) is 20.1 Å². The van der Waals surface area contributed by atoms with Gasteiger partial charge in [-0.2, -0.15) is 0 Å². The van der Waals surface area contributed by atoms with Gasteiger partial charge in [0.25, 0.3) is 5.91 Å². The molecule has 0 saturated carbocycles. The zero-order valence-corrected chi connectivity index (χ0v) is 12.9. The molecule has 2 aromatic rings. The molecule has 0 fully saturated rings. The van der Waals surface area contributed by atoms with Crippen LogP contribution in [0.2, 0.25) is 0 Å². The van der Waals surface area contributed by atoms with E-state index in [-0.39, 0.29) is 16.9 Å². The molecule has 0 aliphatic heterocycles. The van der Waals surface area contributed by atoms with Crippen LogP contribution in [0.15, 0.2) is 29.1 Å². The summed E-state index contributed by atoms with van der Waals surface area (Å²) in [7, 11) is 1.66. The lowest BCUT2D eigenvalue weighted by molar-refractivity contribution is 0.0742. The number of hydrogen-bond donors (Lipinski definition) is 2. The van der Waals surface area contributed by atoms with Crippen molar-refractivity contribution in [1.82, 2.24) is 9.88 Å². The first-order chi connectivity index (χ1) is 10.2. The van der Waals surface area contributed by atoms with Gasteiger partial charge in [0.15, 0.2) is 0 Å². The smallest absolute Gasteiger partial charge is 0.254 e. The zero-order chi connectivity index (χ0) is 16.5. The van der Waals surface area contributed by atoms with Gasteiger partial charge < -0.3 is 15.6 Å². The number of aromatic nitrogens is 1. The number of benzene rings is 1. The number of halogens is 1. The molecule has 3 N–H and O–H groups in total. The van der Waals surface area contributed by atoms with Crippen LogP contribution in [0.3, 0.4) is 0 Å². The van der Waals surface area contributed by atoms with Gasteiger partial charge in [0.2, 0.25) is 5.56 Å². The van der Waals surface area contributed by atoms with Gasteiger partial charge in [0.05, 0.1) is 11.1 Å². The topological polar surface area (TPSA) is 79.2 Å². The number of H-pyrrole nitrogens is 1. The van der Waals surface area contributed by atoms with E-state index in [0.717, 1.165) is 0 Å². The maximum atomic E-state index is 13.3. The summed E-state index contributed by atoms with van der Waals surface area (Å²) in [4.78, 5) is 28.4. The molecular weight excluding hydrogens is 285 g/mol. The number of hydrogen-bond acceptors (Lipinski definition) is 3. The number of fused-ring (bicyclic) bond motifs is 1. The van der Waals surface area contributed by atoms with Gasteiger partial charge in [0.1, 0.15) is 5.82 Å². The number of nitrogens with zero attached hydrogens (tertiary/aromatic N) is 1. The summed E-state index contributed by atoms with van der Waals surface area (Å²) >= 11 is 0. The lowest BCUT2D eigenvalue weighted by Gasteiger charge is -2.29. The summed E-state index contributed by atoms with van der Waals surface area (Å²) in [6.07, 6.45) is 0. The van der Waals surface area contributed by atoms with Crippen LogP contribution in [0.25, 0.3) is 10.9 Å². The molecule has 0 saturated heterocycles. The molecule has 6 heteroatoms. The fraction of sp³-hybridized carbons (Fsp3) is 0.375. The second-order valence-corrected chi connectivity index (χ2v) is 6.27. The van der Waals surface area contributed by atoms with Crippen molar-refractivity contribution < 1.29 is 9.18 Å². The Labute approximate surface area is 127 Å². The Morgan fingerprint density at radius 3 is 2.68 bits per heavy atom. The van der Waals surface area contributed by atoms with Gasteiger partial charge in [-0.15, -0.1) is 0 Å². The van der Waals surface area contributed by atoms with Crippen molar-refractivity contribution in [1.29, 1.82) is 0 Å². The molecule has 118 valence electrons. The molecule has 1 heterocycles. The van der Waals surface area contributed by atoms with E-state index >= 15 is 0 Å². The van der Waals surface area contributed by atoms with E-state index < -0.39 is 11.4 Å². The highest BCUT2D eigenvalue weighted by Crippen LogP contribution is 2.20. The van der Waals surface area contributed by atoms with Crippen molar-refractivity contribution in [2.24, 2.45) is 11.1 Å². The van der Waals surface area contributed by atoms with Crippen molar-refractivity contribution >= 4 is 16.8 Å². The predicted molar refractivity (Wildman–Crippen MR) is 84.3 cm³/mol. The third-order valence-corrected chi connectivity index (χ3v) is 3.60. The van der Waals surface area contributed by atoms with Crippen LogP contribution < -0.4 is 11.3 Å². The standard InChI is InChI=1S/C16H20FN3O2/c1-16(2,8-18)9-20(3)15(22)12-7-14(21)19-13-6-10(17)4-5-11(12)13/h4-7H,8-9,18H2,1-3H3,(H,19,21). The summed E-state index contributed by atoms with van der Waals surface area (Å²) in [5, 5.41) is 0.517. The number of amides is 1. The van der Waals surface area contributed by atoms with Gasteiger partial charge in [-0.05, 0) is 30.2 Å². The molecule has 1 amide bonds. The summed E-state index contributed by atoms with van der Waals surface area (Å²) in [6, 6.07) is 5.21. The summed E-state index contributed by atoms with van der Waals surface area (Å²) in [5.74, 6) is -0.755. The van der Waals surface area contributed by atoms with Crippen LogP contribution in [0.5, 0.6) is 0 Å². The van der Waals surface area contributed by atoms with Gasteiger partial charge in [-0.3, -0.25) is 9.59 Å². The molecule has 0 atom stereocenters. The number of pyridine rings is 1. The quantitative estimate of drug-likeness (QED) is 0.902. The molecule has 1 aromatic carbocycles. The van der Waals surface area contributed by atoms with Crippen molar-refractivity contribution in [3.63, 3.8) is 0 Å². The Bertz CT molecular complexity index is 768. The normalized spacial score (nSPS) is 11.7. The van der Waals surface area contributed by atoms with Gasteiger partial charge in [-0.1, -0.05) is 13.8 Å². The van der Waals surface area contributed by atoms with E-state index in [9.17, 15) is 14.0 Å². The molecule has 22 heavy (non-hydrogen) atoms. The van der Waals surface area contributed by atoms with Crippen molar-refractivity contribution in [3.8, 4) is 0 Å². The fourth-order valence-corrected chi connectivity index (χ4v) is 2.39. The van der Waals surface area contributed by atoms with Crippen LogP contribution in [0.1, 0.15) is 24.2 Å². The van der Waals surface area contributed by atoms with E-state index in [4.69, 9.17) is 5.73 Å². The van der Waals surface area contributed by atoms with Crippen molar-refractivity contribution in [2.45, 2.75) is 13.8 Å². The summed E-state index contributed by atoms with van der Waals surface area (Å²) in [5.41, 5.74) is 5.59. The molecule has 0 radical (unpaired) electrons. The highest BCUT2D eigenvalue weighted by Gasteiger charge is 2.23. The minimum atomic E-state index is -0.467. The Hall–Kier alpha value is -2.21. The highest BCUT2D eigenvalue weighted by molar-refractivity contribution is 6.05. The Morgan fingerprint density at radius 2 is 2.05 bits per heavy atom. The Balaban J connectivity index is 2.46. The largest absolute Gasteiger partial charge is 0.341 e. The zero-order valence-electron chi connectivity index (χ0n) is 12.9. The average molecular weight is 305 g/mol. The third kappa shape index (κ3) is 3.33. The minimum Gasteiger partial charge on any atom is -0.341 e. The lowest BCUT2D eigenvalue weighted by Crippen LogP contribution is -2.40. The number of carbonyl (C=O) groups is 1. The molecule has 2 rings (SSSR count). The van der Waals surface area contributed by atoms with Crippen LogP contribution in [0.4, 0.5) is 4.39 Å². The van der Waals surface area contributed by atoms with Crippen LogP contribution >= 0.6 is 0 Å². The van der Waals surface area contributed by atoms with Crippen molar-refractivity contribution in [3.05, 3.63) is 46.0 Å². The number of rotatable bonds is 4. The van der Waals surface area contributed by atoms with E-state index in [1.54, 1.807) is 7.05 Å². The lowest BCUT2D eigenvalue weighted by atomic mass is 9.93. The van der Waals surface area contributed by atoms with Crippen LogP contribution in [0, 0.1) is 11.2 Å². The monoisotopic (exact) mass is 305 g/mol. The molecular formula is C16H20FN3O2. The molecule has 0 bridgehead atoms. The molecule has 0 unspecified atom stereocenters. The molecule has 0 aliphatic rings. The van der Waals surface area contributed by atoms with Crippen LogP contribution in [-0.2, 0) is 0 Å². The van der Waals surface area contributed by atoms with E-state index in [1.165, 1.54) is 29.2 Å². The Morgan fingerprint density at radius 1 is 1.36 bits per heavy atom. The SMILES string of the molecule is CN(CC(C)(C)CN)C(=O)c1cc(=O)[nH]c2cc(F)ccc12. The van der Waals surface area contributed by atoms with E-state index in [0.29, 0.717) is 24.0 Å². The molecule has 0 spiro atoms. The Kier molecular flexibility index (Phi) is 4.32. The van der Waals surface area contributed by atoms with E-state index in [2.05, 4.69) is 4.98 Å². The second kappa shape index (κ2) is 5.88. The number of carbonyl (C=O) groups excluding carboxylic acids is 1. The number of nitrogens with one attached hydrogen (secondary N) is 1. The third-order valence-electron chi connectivity index (χ3n) is 3.60. The fourth-order valence-electron chi connectivity index (χ4n) is 2.39. The van der Waals surface area contributed by atoms with Gasteiger partial charge in [-0.25, -0.2) is 4.39 Å². The minimum absolute atomic E-state index is 0.229. The number of nitrogens with two attached hydrogens (primary N) is 1. The number of aromatic amines is 1. The molecule has 0 aliphatic carbocycles. The first-order valence-electron chi connectivity index (χ1n) is 7.02. The second-order valence-electron chi connectivity index (χ2n) is 6.27. The first-order valence-corrected chi connectivity index (χ1v) is 7.02. The maximum absolute atomic E-state index is 13.3. The van der Waals surface area contributed by atoms with Crippen LogP contribution in [-0.4, -0.2) is 35.9 Å². The summed E-state index contributed by atoms with van der Waals surface area (Å²) < 4.78 is 13.3. The summed E-state index contributed by atoms with van der Waals surface area (Å²) in [6.45, 7) is 4.81. The van der Waals surface area contributed by atoms with Gasteiger partial charge in [0, 0.05) is 25.0 Å². The molecule has 5 nitrogen and oxygen atoms in total. The average Bonchev–Trinajstić information content (AvgIpc) is 2.44.